The van der Waals surface area contributed by atoms with Gasteiger partial charge in [-0.25, -0.2) is 0 Å². The first kappa shape index (κ1) is 23.4. The standard InChI is InChI=1S/C27H24ClNO5/c1-4-34-20-11-8-17(9-12-20)24-23(25(30)18-10-13-22(33-3)21(28)15-18)26(31)27(32)29(24)19-7-5-6-16(2)14-19/h5-15,24,30H,4H2,1-3H3/b25-23-. The van der Waals surface area contributed by atoms with Crippen LogP contribution in [0, 0.1) is 6.92 Å². The molecule has 1 aliphatic rings. The zero-order chi connectivity index (χ0) is 24.4. The fraction of sp³-hybridized carbons (Fsp3) is 0.185. The third-order valence-corrected chi connectivity index (χ3v) is 5.95. The quantitative estimate of drug-likeness (QED) is 0.281. The van der Waals surface area contributed by atoms with E-state index in [1.165, 1.54) is 18.1 Å². The summed E-state index contributed by atoms with van der Waals surface area (Å²) in [6, 6.07) is 18.3. The number of Topliss-reactive ketones (excluding diaryl/α,β-unsaturated/α-hetero) is 1. The van der Waals surface area contributed by atoms with Crippen LogP contribution in [0.5, 0.6) is 11.5 Å². The monoisotopic (exact) mass is 477 g/mol. The second-order valence-electron chi connectivity index (χ2n) is 7.86. The Bertz CT molecular complexity index is 1280. The highest BCUT2D eigenvalue weighted by Gasteiger charge is 2.47. The average molecular weight is 478 g/mol. The number of carbonyl (C=O) groups is 2. The molecule has 7 heteroatoms. The molecule has 0 bridgehead atoms. The normalized spacial score (nSPS) is 17.2. The van der Waals surface area contributed by atoms with Gasteiger partial charge in [-0.3, -0.25) is 14.5 Å². The minimum atomic E-state index is -0.835. The number of anilines is 1. The van der Waals surface area contributed by atoms with Gasteiger partial charge in [-0.2, -0.15) is 0 Å². The number of ketones is 1. The summed E-state index contributed by atoms with van der Waals surface area (Å²) >= 11 is 6.25. The molecule has 1 saturated heterocycles. The number of carbonyl (C=O) groups excluding carboxylic acids is 2. The Morgan fingerprint density at radius 2 is 1.79 bits per heavy atom. The topological polar surface area (TPSA) is 76.1 Å². The van der Waals surface area contributed by atoms with Crippen LogP contribution in [0.3, 0.4) is 0 Å². The molecule has 0 spiro atoms. The molecule has 1 aliphatic heterocycles. The van der Waals surface area contributed by atoms with Gasteiger partial charge in [0.2, 0.25) is 0 Å². The molecule has 1 amide bonds. The third-order valence-electron chi connectivity index (χ3n) is 5.66. The van der Waals surface area contributed by atoms with Crippen molar-refractivity contribution in [2.75, 3.05) is 18.6 Å². The molecule has 0 aliphatic carbocycles. The molecule has 0 aromatic heterocycles. The number of hydrogen-bond donors (Lipinski definition) is 1. The molecule has 1 N–H and O–H groups in total. The molecule has 1 fully saturated rings. The van der Waals surface area contributed by atoms with Gasteiger partial charge in [0.25, 0.3) is 11.7 Å². The van der Waals surface area contributed by atoms with Gasteiger partial charge in [0, 0.05) is 11.3 Å². The number of nitrogens with zero attached hydrogens (tertiary/aromatic N) is 1. The van der Waals surface area contributed by atoms with Gasteiger partial charge in [0.15, 0.2) is 0 Å². The SMILES string of the molecule is CCOc1ccc(C2/C(=C(/O)c3ccc(OC)c(Cl)c3)C(=O)C(=O)N2c2cccc(C)c2)cc1. The van der Waals surface area contributed by atoms with Crippen molar-refractivity contribution in [1.29, 1.82) is 0 Å². The molecular weight excluding hydrogens is 454 g/mol. The molecule has 3 aromatic rings. The molecule has 1 unspecified atom stereocenters. The summed E-state index contributed by atoms with van der Waals surface area (Å²) in [5.74, 6) is -0.699. The van der Waals surface area contributed by atoms with Gasteiger partial charge >= 0.3 is 0 Å². The maximum absolute atomic E-state index is 13.3. The highest BCUT2D eigenvalue weighted by molar-refractivity contribution is 6.51. The summed E-state index contributed by atoms with van der Waals surface area (Å²) in [5, 5.41) is 11.5. The van der Waals surface area contributed by atoms with Crippen LogP contribution in [0.15, 0.2) is 72.3 Å². The summed E-state index contributed by atoms with van der Waals surface area (Å²) in [4.78, 5) is 27.9. The van der Waals surface area contributed by atoms with Crippen molar-refractivity contribution in [3.63, 3.8) is 0 Å². The van der Waals surface area contributed by atoms with Gasteiger partial charge < -0.3 is 14.6 Å². The number of aryl methyl sites for hydroxylation is 1. The van der Waals surface area contributed by atoms with Gasteiger partial charge in [0.1, 0.15) is 17.3 Å². The van der Waals surface area contributed by atoms with E-state index >= 15 is 0 Å². The number of aliphatic hydroxyl groups is 1. The molecule has 1 atom stereocenters. The van der Waals surface area contributed by atoms with Gasteiger partial charge in [-0.1, -0.05) is 35.9 Å². The maximum atomic E-state index is 13.3. The molecule has 174 valence electrons. The van der Waals surface area contributed by atoms with Crippen molar-refractivity contribution >= 4 is 34.7 Å². The number of benzene rings is 3. The van der Waals surface area contributed by atoms with E-state index in [2.05, 4.69) is 0 Å². The first-order chi connectivity index (χ1) is 16.3. The van der Waals surface area contributed by atoms with Crippen LogP contribution in [0.25, 0.3) is 5.76 Å². The first-order valence-corrected chi connectivity index (χ1v) is 11.2. The highest BCUT2D eigenvalue weighted by atomic mass is 35.5. The Kier molecular flexibility index (Phi) is 6.61. The molecule has 3 aromatic carbocycles. The van der Waals surface area contributed by atoms with Crippen LogP contribution in [0.2, 0.25) is 5.02 Å². The molecule has 34 heavy (non-hydrogen) atoms. The lowest BCUT2D eigenvalue weighted by Crippen LogP contribution is -2.29. The number of methoxy groups -OCH3 is 1. The Hall–Kier alpha value is -3.77. The van der Waals surface area contributed by atoms with Crippen LogP contribution in [-0.2, 0) is 9.59 Å². The van der Waals surface area contributed by atoms with E-state index in [0.717, 1.165) is 5.56 Å². The first-order valence-electron chi connectivity index (χ1n) is 10.8. The smallest absolute Gasteiger partial charge is 0.300 e. The lowest BCUT2D eigenvalue weighted by molar-refractivity contribution is -0.132. The molecule has 4 rings (SSSR count). The summed E-state index contributed by atoms with van der Waals surface area (Å²) < 4.78 is 10.7. The molecular formula is C27H24ClNO5. The van der Waals surface area contributed by atoms with Crippen molar-refractivity contribution in [3.05, 3.63) is 94.0 Å². The van der Waals surface area contributed by atoms with Crippen molar-refractivity contribution in [1.82, 2.24) is 0 Å². The number of amides is 1. The Labute approximate surface area is 203 Å². The Morgan fingerprint density at radius 3 is 2.41 bits per heavy atom. The van der Waals surface area contributed by atoms with E-state index in [4.69, 9.17) is 21.1 Å². The second kappa shape index (κ2) is 9.61. The summed E-state index contributed by atoms with van der Waals surface area (Å²) in [6.45, 7) is 4.31. The lowest BCUT2D eigenvalue weighted by Gasteiger charge is -2.26. The highest BCUT2D eigenvalue weighted by Crippen LogP contribution is 2.43. The number of rotatable bonds is 6. The maximum Gasteiger partial charge on any atom is 0.300 e. The number of aliphatic hydroxyl groups excluding tert-OH is 1. The molecule has 6 nitrogen and oxygen atoms in total. The fourth-order valence-corrected chi connectivity index (χ4v) is 4.33. The average Bonchev–Trinajstić information content (AvgIpc) is 3.09. The van der Waals surface area contributed by atoms with Crippen LogP contribution in [-0.4, -0.2) is 30.5 Å². The van der Waals surface area contributed by atoms with Crippen molar-refractivity contribution in [2.24, 2.45) is 0 Å². The van der Waals surface area contributed by atoms with E-state index in [0.29, 0.717) is 34.9 Å². The van der Waals surface area contributed by atoms with E-state index in [-0.39, 0.29) is 16.4 Å². The summed E-state index contributed by atoms with van der Waals surface area (Å²) in [6.07, 6.45) is 0. The van der Waals surface area contributed by atoms with E-state index < -0.39 is 17.7 Å². The van der Waals surface area contributed by atoms with Crippen molar-refractivity contribution in [3.8, 4) is 11.5 Å². The largest absolute Gasteiger partial charge is 0.507 e. The fourth-order valence-electron chi connectivity index (χ4n) is 4.07. The molecule has 0 saturated carbocycles. The third kappa shape index (κ3) is 4.24. The number of ether oxygens (including phenoxy) is 2. The van der Waals surface area contributed by atoms with E-state index in [1.54, 1.807) is 42.5 Å². The van der Waals surface area contributed by atoms with Gasteiger partial charge in [-0.15, -0.1) is 0 Å². The van der Waals surface area contributed by atoms with Crippen LogP contribution in [0.4, 0.5) is 5.69 Å². The Morgan fingerprint density at radius 1 is 1.06 bits per heavy atom. The van der Waals surface area contributed by atoms with Gasteiger partial charge in [-0.05, 0) is 67.4 Å². The van der Waals surface area contributed by atoms with E-state index in [9.17, 15) is 14.7 Å². The minimum Gasteiger partial charge on any atom is -0.507 e. The zero-order valence-corrected chi connectivity index (χ0v) is 19.8. The van der Waals surface area contributed by atoms with Gasteiger partial charge in [0.05, 0.1) is 30.4 Å². The predicted octanol–water partition coefficient (Wildman–Crippen LogP) is 5.68. The van der Waals surface area contributed by atoms with Crippen molar-refractivity contribution < 1.29 is 24.2 Å². The Balaban J connectivity index is 1.91. The zero-order valence-electron chi connectivity index (χ0n) is 19.0. The lowest BCUT2D eigenvalue weighted by atomic mass is 9.95. The van der Waals surface area contributed by atoms with Crippen LogP contribution < -0.4 is 14.4 Å². The van der Waals surface area contributed by atoms with Crippen LogP contribution >= 0.6 is 11.6 Å². The summed E-state index contributed by atoms with van der Waals surface area (Å²) in [5.41, 5.74) is 2.45. The predicted molar refractivity (Wildman–Crippen MR) is 132 cm³/mol. The number of halogens is 1. The summed E-state index contributed by atoms with van der Waals surface area (Å²) in [7, 11) is 1.49. The van der Waals surface area contributed by atoms with Crippen molar-refractivity contribution in [2.45, 2.75) is 19.9 Å². The second-order valence-corrected chi connectivity index (χ2v) is 8.27. The molecule has 1 heterocycles. The van der Waals surface area contributed by atoms with E-state index in [1.807, 2.05) is 32.0 Å². The minimum absolute atomic E-state index is 0.0168. The molecule has 0 radical (unpaired) electrons. The van der Waals surface area contributed by atoms with Crippen LogP contribution in [0.1, 0.15) is 29.7 Å². The number of hydrogen-bond acceptors (Lipinski definition) is 5.